The van der Waals surface area contributed by atoms with Gasteiger partial charge in [0, 0.05) is 24.5 Å². The van der Waals surface area contributed by atoms with E-state index in [0.29, 0.717) is 0 Å². The minimum Gasteiger partial charge on any atom is -0.488 e. The molecule has 0 amide bonds. The Labute approximate surface area is 418 Å². The molecule has 9 heteroatoms. The molecular formula is C58H80F4O4Ti. The Balaban J connectivity index is 0.00000105. The van der Waals surface area contributed by atoms with Gasteiger partial charge in [0.25, 0.3) is 11.9 Å². The molecule has 0 heterocycles. The van der Waals surface area contributed by atoms with Gasteiger partial charge in [-0.15, -0.1) is 49.2 Å². The molecule has 0 radical (unpaired) electrons. The van der Waals surface area contributed by atoms with Crippen molar-refractivity contribution >= 4 is 11.9 Å². The SMILES string of the molecule is CCCCCCCCC=CCCCCCCCC(=O)Oc1ccc(F)[c-]c1F.CCCCCCCCC=CCCCCCCCC(=O)Oc1ccc(F)[c-]c1F.[C-]1=CC=CC1.[C-]1=CC=CC1.[Ti+4]. The van der Waals surface area contributed by atoms with Crippen LogP contribution in [0.25, 0.3) is 0 Å². The van der Waals surface area contributed by atoms with Crippen molar-refractivity contribution in [1.29, 1.82) is 0 Å². The van der Waals surface area contributed by atoms with Crippen LogP contribution in [0.4, 0.5) is 17.6 Å². The summed E-state index contributed by atoms with van der Waals surface area (Å²) >= 11 is 0. The van der Waals surface area contributed by atoms with Gasteiger partial charge in [-0.1, -0.05) is 141 Å². The Morgan fingerprint density at radius 3 is 1.06 bits per heavy atom. The van der Waals surface area contributed by atoms with Crippen molar-refractivity contribution in [1.82, 2.24) is 0 Å². The fourth-order valence-electron chi connectivity index (χ4n) is 6.73. The first-order valence-electron chi connectivity index (χ1n) is 25.2. The first-order chi connectivity index (χ1) is 32.3. The first kappa shape index (κ1) is 63.3. The van der Waals surface area contributed by atoms with Crippen molar-refractivity contribution in [2.24, 2.45) is 0 Å². The molecule has 0 bridgehead atoms. The number of esters is 2. The van der Waals surface area contributed by atoms with Gasteiger partial charge in [-0.3, -0.25) is 21.7 Å². The topological polar surface area (TPSA) is 52.6 Å². The van der Waals surface area contributed by atoms with Crippen LogP contribution in [0, 0.1) is 47.6 Å². The number of unbranched alkanes of at least 4 members (excludes halogenated alkanes) is 22. The zero-order chi connectivity index (χ0) is 48.0. The van der Waals surface area contributed by atoms with Crippen LogP contribution in [-0.4, -0.2) is 11.9 Å². The number of carbonyl (C=O) groups excluding carboxylic acids is 2. The van der Waals surface area contributed by atoms with Crippen molar-refractivity contribution in [3.05, 3.63) is 133 Å². The number of hydrogen-bond acceptors (Lipinski definition) is 4. The molecule has 0 aliphatic heterocycles. The number of halogens is 4. The van der Waals surface area contributed by atoms with Crippen LogP contribution in [0.1, 0.15) is 206 Å². The summed E-state index contributed by atoms with van der Waals surface area (Å²) in [5.74, 6) is -5.08. The standard InChI is InChI=1S/2C24H35F2O2.2C5H5.Ti/c2*1-2-3-4-5-6-7-8-9-10-11-12-13-14-15-16-17-24(27)28-23-19-18-21(25)20-22(23)26;2*1-2-4-5-3-1;/h2*9-10,18-19H,2-8,11-17H2,1H3;2*1-3H,4H2;/q4*-1;+4. The van der Waals surface area contributed by atoms with E-state index >= 15 is 0 Å². The molecule has 0 aromatic heterocycles. The van der Waals surface area contributed by atoms with Crippen LogP contribution in [0.15, 0.2) is 85.0 Å². The van der Waals surface area contributed by atoms with E-state index in [1.165, 1.54) is 103 Å². The van der Waals surface area contributed by atoms with Crippen molar-refractivity contribution in [3.8, 4) is 11.5 Å². The van der Waals surface area contributed by atoms with E-state index in [4.69, 9.17) is 9.47 Å². The quantitative estimate of drug-likeness (QED) is 0.0139. The molecule has 2 aliphatic carbocycles. The summed E-state index contributed by atoms with van der Waals surface area (Å²) in [5.41, 5.74) is 0. The number of carbonyl (C=O) groups is 2. The summed E-state index contributed by atoms with van der Waals surface area (Å²) in [6, 6.07) is 7.96. The van der Waals surface area contributed by atoms with Crippen LogP contribution >= 0.6 is 0 Å². The smallest absolute Gasteiger partial charge is 0.488 e. The molecular weight excluding hydrogens is 884 g/mol. The molecule has 0 spiro atoms. The number of benzene rings is 2. The monoisotopic (exact) mass is 965 g/mol. The molecule has 2 aromatic carbocycles. The third kappa shape index (κ3) is 41.0. The summed E-state index contributed by atoms with van der Waals surface area (Å²) in [7, 11) is 0. The van der Waals surface area contributed by atoms with Crippen LogP contribution in [0.2, 0.25) is 0 Å². The minimum absolute atomic E-state index is 0. The maximum absolute atomic E-state index is 13.4. The Kier molecular flexibility index (Phi) is 44.7. The number of hydrogen-bond donors (Lipinski definition) is 0. The second kappa shape index (κ2) is 47.3. The van der Waals surface area contributed by atoms with Gasteiger partial charge in [0.2, 0.25) is 0 Å². The van der Waals surface area contributed by atoms with Crippen molar-refractivity contribution in [3.63, 3.8) is 0 Å². The van der Waals surface area contributed by atoms with Gasteiger partial charge in [0.05, 0.1) is 23.1 Å². The number of ether oxygens (including phenoxy) is 2. The van der Waals surface area contributed by atoms with E-state index in [0.717, 1.165) is 101 Å². The number of rotatable bonds is 32. The third-order valence-corrected chi connectivity index (χ3v) is 10.6. The number of allylic oxidation sites excluding steroid dienone is 12. The molecule has 2 aromatic rings. The summed E-state index contributed by atoms with van der Waals surface area (Å²) in [6.45, 7) is 4.49. The van der Waals surface area contributed by atoms with Crippen molar-refractivity contribution in [2.45, 2.75) is 206 Å². The second-order valence-electron chi connectivity index (χ2n) is 16.6. The van der Waals surface area contributed by atoms with E-state index in [9.17, 15) is 27.2 Å². The predicted molar refractivity (Wildman–Crippen MR) is 264 cm³/mol. The molecule has 4 nitrogen and oxygen atoms in total. The van der Waals surface area contributed by atoms with Crippen molar-refractivity contribution in [2.75, 3.05) is 0 Å². The van der Waals surface area contributed by atoms with Gasteiger partial charge in [-0.25, -0.2) is 41.9 Å². The van der Waals surface area contributed by atoms with Gasteiger partial charge in [-0.05, 0) is 64.2 Å². The maximum Gasteiger partial charge on any atom is 4.00 e. The molecule has 0 atom stereocenters. The maximum atomic E-state index is 13.4. The molecule has 4 rings (SSSR count). The van der Waals surface area contributed by atoms with Crippen LogP contribution in [-0.2, 0) is 31.3 Å². The van der Waals surface area contributed by atoms with E-state index < -0.39 is 35.2 Å². The third-order valence-electron chi connectivity index (χ3n) is 10.6. The Morgan fingerprint density at radius 1 is 0.478 bits per heavy atom. The fourth-order valence-corrected chi connectivity index (χ4v) is 6.73. The van der Waals surface area contributed by atoms with E-state index in [1.54, 1.807) is 0 Å². The van der Waals surface area contributed by atoms with E-state index in [-0.39, 0.29) is 46.1 Å². The second-order valence-corrected chi connectivity index (χ2v) is 16.6. The van der Waals surface area contributed by atoms with Crippen LogP contribution in [0.5, 0.6) is 11.5 Å². The molecule has 0 saturated carbocycles. The van der Waals surface area contributed by atoms with Crippen LogP contribution < -0.4 is 9.47 Å². The molecule has 0 fully saturated rings. The Morgan fingerprint density at radius 2 is 0.791 bits per heavy atom. The van der Waals surface area contributed by atoms with Gasteiger partial charge < -0.3 is 9.47 Å². The summed E-state index contributed by atoms with van der Waals surface area (Å²) in [4.78, 5) is 23.4. The van der Waals surface area contributed by atoms with Gasteiger partial charge in [0.15, 0.2) is 0 Å². The molecule has 0 unspecified atom stereocenters. The van der Waals surface area contributed by atoms with E-state index in [2.05, 4.69) is 62.5 Å². The summed E-state index contributed by atoms with van der Waals surface area (Å²) < 4.78 is 62.0. The minimum atomic E-state index is -0.974. The average molecular weight is 965 g/mol. The molecule has 2 aliphatic rings. The van der Waals surface area contributed by atoms with Gasteiger partial charge in [-0.2, -0.15) is 12.2 Å². The first-order valence-corrected chi connectivity index (χ1v) is 25.2. The molecule has 67 heavy (non-hydrogen) atoms. The Bertz CT molecular complexity index is 1560. The largest absolute Gasteiger partial charge is 4.00 e. The summed E-state index contributed by atoms with van der Waals surface area (Å²) in [6.07, 6.45) is 60.6. The summed E-state index contributed by atoms with van der Waals surface area (Å²) in [5, 5.41) is 0. The molecule has 0 N–H and O–H groups in total. The van der Waals surface area contributed by atoms with Crippen molar-refractivity contribution < 1.29 is 58.3 Å². The normalized spacial score (nSPS) is 12.0. The fraction of sp³-hybridized carbons (Fsp3) is 0.552. The molecule has 0 saturated heterocycles. The van der Waals surface area contributed by atoms with E-state index in [1.807, 2.05) is 36.4 Å². The zero-order valence-corrected chi connectivity index (χ0v) is 42.5. The van der Waals surface area contributed by atoms with Gasteiger partial charge >= 0.3 is 21.7 Å². The Hall–Kier alpha value is -3.75. The zero-order valence-electron chi connectivity index (χ0n) is 40.9. The van der Waals surface area contributed by atoms with Gasteiger partial charge in [0.1, 0.15) is 0 Å². The molecule has 368 valence electrons. The average Bonchev–Trinajstić information content (AvgIpc) is 4.10. The van der Waals surface area contributed by atoms with Crippen LogP contribution in [0.3, 0.4) is 0 Å². The predicted octanol–water partition coefficient (Wildman–Crippen LogP) is 18.0.